The number of likely N-dealkylation sites (N-methyl/N-ethyl adjacent to an activating group) is 1. The average molecular weight is 383 g/mol. The third kappa shape index (κ3) is 5.76. The molecule has 9 nitrogen and oxygen atoms in total. The monoisotopic (exact) mass is 383 g/mol. The fourth-order valence-electron chi connectivity index (χ4n) is 2.38. The van der Waals surface area contributed by atoms with E-state index in [0.29, 0.717) is 17.2 Å². The molecule has 2 aromatic rings. The lowest BCUT2D eigenvalue weighted by molar-refractivity contribution is -0.145. The van der Waals surface area contributed by atoms with E-state index >= 15 is 0 Å². The molecule has 1 aromatic heterocycles. The van der Waals surface area contributed by atoms with Gasteiger partial charge < -0.3 is 20.3 Å². The van der Waals surface area contributed by atoms with E-state index in [-0.39, 0.29) is 18.5 Å². The van der Waals surface area contributed by atoms with Gasteiger partial charge in [0.2, 0.25) is 5.95 Å². The van der Waals surface area contributed by atoms with Gasteiger partial charge in [-0.15, -0.1) is 0 Å². The van der Waals surface area contributed by atoms with Gasteiger partial charge >= 0.3 is 5.97 Å². The summed E-state index contributed by atoms with van der Waals surface area (Å²) in [5.41, 5.74) is 0.922. The summed E-state index contributed by atoms with van der Waals surface area (Å²) in [6, 6.07) is 8.52. The number of carbonyl (C=O) groups is 3. The molecule has 9 heteroatoms. The number of hydrogen-bond acceptors (Lipinski definition) is 7. The zero-order valence-electron chi connectivity index (χ0n) is 15.4. The third-order valence-corrected chi connectivity index (χ3v) is 3.95. The maximum Gasteiger partial charge on any atom is 0.326 e. The van der Waals surface area contributed by atoms with Crippen LogP contribution in [0.1, 0.15) is 23.2 Å². The Morgan fingerprint density at radius 3 is 2.64 bits per heavy atom. The fraction of sp³-hybridized carbons (Fsp3) is 0.316. The smallest absolute Gasteiger partial charge is 0.326 e. The van der Waals surface area contributed by atoms with Gasteiger partial charge in [0, 0.05) is 36.7 Å². The molecule has 1 heterocycles. The number of carbonyl (C=O) groups excluding carboxylic acids is 3. The van der Waals surface area contributed by atoms with Crippen LogP contribution in [0.4, 0.5) is 11.6 Å². The Morgan fingerprint density at radius 2 is 1.93 bits per heavy atom. The minimum atomic E-state index is -0.581. The lowest BCUT2D eigenvalue weighted by atomic mass is 10.2. The van der Waals surface area contributed by atoms with Crippen LogP contribution >= 0.6 is 0 Å². The van der Waals surface area contributed by atoms with Crippen molar-refractivity contribution in [1.82, 2.24) is 15.3 Å². The lowest BCUT2D eigenvalue weighted by Gasteiger charge is -2.15. The van der Waals surface area contributed by atoms with Crippen LogP contribution in [0, 0.1) is 0 Å². The number of amides is 2. The number of rotatable bonds is 8. The van der Waals surface area contributed by atoms with E-state index < -0.39 is 18.5 Å². The first-order valence-corrected chi connectivity index (χ1v) is 8.86. The molecule has 1 saturated carbocycles. The predicted octanol–water partition coefficient (Wildman–Crippen LogP) is 0.987. The Morgan fingerprint density at radius 1 is 1.18 bits per heavy atom. The van der Waals surface area contributed by atoms with Crippen molar-refractivity contribution in [2.75, 3.05) is 30.4 Å². The molecule has 0 saturated heterocycles. The molecule has 0 aliphatic heterocycles. The van der Waals surface area contributed by atoms with Crippen molar-refractivity contribution in [1.29, 1.82) is 0 Å². The van der Waals surface area contributed by atoms with Gasteiger partial charge in [0.1, 0.15) is 6.54 Å². The largest absolute Gasteiger partial charge is 0.454 e. The highest BCUT2D eigenvalue weighted by atomic mass is 16.5. The number of hydrogen-bond donors (Lipinski definition) is 2. The molecular weight excluding hydrogens is 362 g/mol. The number of benzene rings is 1. The molecule has 2 N–H and O–H groups in total. The van der Waals surface area contributed by atoms with Crippen LogP contribution in [0.15, 0.2) is 42.7 Å². The van der Waals surface area contributed by atoms with Gasteiger partial charge in [-0.1, -0.05) is 6.07 Å². The second-order valence-electron chi connectivity index (χ2n) is 6.44. The van der Waals surface area contributed by atoms with Crippen molar-refractivity contribution in [2.45, 2.75) is 18.9 Å². The summed E-state index contributed by atoms with van der Waals surface area (Å²) in [5.74, 6) is -0.865. The normalized spacial score (nSPS) is 12.8. The van der Waals surface area contributed by atoms with Crippen LogP contribution in [0.3, 0.4) is 0 Å². The molecule has 28 heavy (non-hydrogen) atoms. The van der Waals surface area contributed by atoms with Crippen molar-refractivity contribution in [3.8, 4) is 0 Å². The zero-order chi connectivity index (χ0) is 19.9. The summed E-state index contributed by atoms with van der Waals surface area (Å²) in [7, 11) is 1.65. The molecule has 0 radical (unpaired) electrons. The summed E-state index contributed by atoms with van der Waals surface area (Å²) in [6.07, 6.45) is 5.13. The first kappa shape index (κ1) is 19.3. The van der Waals surface area contributed by atoms with Gasteiger partial charge in [0.25, 0.3) is 11.8 Å². The Kier molecular flexibility index (Phi) is 6.15. The van der Waals surface area contributed by atoms with Crippen LogP contribution in [-0.2, 0) is 14.3 Å². The van der Waals surface area contributed by atoms with Crippen LogP contribution < -0.4 is 15.5 Å². The van der Waals surface area contributed by atoms with E-state index in [9.17, 15) is 14.4 Å². The first-order chi connectivity index (χ1) is 13.5. The molecule has 1 fully saturated rings. The van der Waals surface area contributed by atoms with Gasteiger partial charge in [-0.25, -0.2) is 9.97 Å². The number of ether oxygens (including phenoxy) is 1. The SMILES string of the molecule is CN(CC(=O)OCC(=O)Nc1cccc(C(=O)NC2CC2)c1)c1ncccn1. The molecule has 1 aromatic carbocycles. The molecule has 0 atom stereocenters. The van der Waals surface area contributed by atoms with Crippen LogP contribution in [0.25, 0.3) is 0 Å². The molecule has 0 bridgehead atoms. The first-order valence-electron chi connectivity index (χ1n) is 8.86. The Hall–Kier alpha value is -3.49. The quantitative estimate of drug-likeness (QED) is 0.654. The van der Waals surface area contributed by atoms with E-state index in [1.807, 2.05) is 0 Å². The lowest BCUT2D eigenvalue weighted by Crippen LogP contribution is -2.30. The highest BCUT2D eigenvalue weighted by Crippen LogP contribution is 2.20. The maximum absolute atomic E-state index is 12.1. The average Bonchev–Trinajstić information content (AvgIpc) is 3.51. The number of esters is 1. The number of nitrogens with one attached hydrogen (secondary N) is 2. The highest BCUT2D eigenvalue weighted by Gasteiger charge is 2.23. The van der Waals surface area contributed by atoms with Crippen molar-refractivity contribution in [2.24, 2.45) is 0 Å². The zero-order valence-corrected chi connectivity index (χ0v) is 15.4. The van der Waals surface area contributed by atoms with Crippen LogP contribution in [0.2, 0.25) is 0 Å². The second kappa shape index (κ2) is 8.94. The van der Waals surface area contributed by atoms with E-state index in [4.69, 9.17) is 4.74 Å². The number of aromatic nitrogens is 2. The Balaban J connectivity index is 1.45. The van der Waals surface area contributed by atoms with Gasteiger partial charge in [-0.2, -0.15) is 0 Å². The molecule has 1 aliphatic rings. The van der Waals surface area contributed by atoms with Crippen LogP contribution in [0.5, 0.6) is 0 Å². The topological polar surface area (TPSA) is 114 Å². The Labute approximate surface area is 162 Å². The van der Waals surface area contributed by atoms with Crippen molar-refractivity contribution in [3.63, 3.8) is 0 Å². The maximum atomic E-state index is 12.1. The van der Waals surface area contributed by atoms with E-state index in [1.165, 1.54) is 4.90 Å². The summed E-state index contributed by atoms with van der Waals surface area (Å²) < 4.78 is 4.98. The second-order valence-corrected chi connectivity index (χ2v) is 6.44. The molecule has 3 rings (SSSR count). The van der Waals surface area contributed by atoms with Crippen LogP contribution in [-0.4, -0.2) is 54.0 Å². The molecule has 2 amide bonds. The van der Waals surface area contributed by atoms with E-state index in [2.05, 4.69) is 20.6 Å². The highest BCUT2D eigenvalue weighted by molar-refractivity contribution is 5.98. The summed E-state index contributed by atoms with van der Waals surface area (Å²) in [6.45, 7) is -0.519. The summed E-state index contributed by atoms with van der Waals surface area (Å²) in [4.78, 5) is 45.5. The molecule has 0 unspecified atom stereocenters. The number of nitrogens with zero attached hydrogens (tertiary/aromatic N) is 3. The summed E-state index contributed by atoms with van der Waals surface area (Å²) >= 11 is 0. The molecule has 1 aliphatic carbocycles. The van der Waals surface area contributed by atoms with Gasteiger partial charge in [-0.05, 0) is 37.1 Å². The standard InChI is InChI=1S/C19H21N5O4/c1-24(19-20-8-3-9-21-19)11-17(26)28-12-16(25)22-15-5-2-4-13(10-15)18(27)23-14-6-7-14/h2-5,8-10,14H,6-7,11-12H2,1H3,(H,22,25)(H,23,27). The Bertz CT molecular complexity index is 854. The number of anilines is 2. The van der Waals surface area contributed by atoms with E-state index in [1.54, 1.807) is 49.8 Å². The molecule has 146 valence electrons. The van der Waals surface area contributed by atoms with Gasteiger partial charge in [0.15, 0.2) is 6.61 Å². The predicted molar refractivity (Wildman–Crippen MR) is 102 cm³/mol. The minimum absolute atomic E-state index is 0.0892. The van der Waals surface area contributed by atoms with Crippen molar-refractivity contribution < 1.29 is 19.1 Å². The van der Waals surface area contributed by atoms with Gasteiger partial charge in [0.05, 0.1) is 0 Å². The molecular formula is C19H21N5O4. The fourth-order valence-corrected chi connectivity index (χ4v) is 2.38. The minimum Gasteiger partial charge on any atom is -0.454 e. The van der Waals surface area contributed by atoms with E-state index in [0.717, 1.165) is 12.8 Å². The van der Waals surface area contributed by atoms with Gasteiger partial charge in [-0.3, -0.25) is 14.4 Å². The van der Waals surface area contributed by atoms with Crippen molar-refractivity contribution in [3.05, 3.63) is 48.3 Å². The molecule has 0 spiro atoms. The summed E-state index contributed by atoms with van der Waals surface area (Å²) in [5, 5.41) is 5.50. The third-order valence-electron chi connectivity index (χ3n) is 3.95. The van der Waals surface area contributed by atoms with Crippen molar-refractivity contribution >= 4 is 29.4 Å².